The van der Waals surface area contributed by atoms with Gasteiger partial charge in [-0.2, -0.15) is 0 Å². The van der Waals surface area contributed by atoms with Gasteiger partial charge in [-0.05, 0) is 6.26 Å². The first-order chi connectivity index (χ1) is 10.6. The lowest BCUT2D eigenvalue weighted by Crippen LogP contribution is -2.65. The molecule has 0 N–H and O–H groups in total. The Balaban J connectivity index is 1.67. The maximum absolute atomic E-state index is 12.3. The number of aromatic nitrogens is 2. The summed E-state index contributed by atoms with van der Waals surface area (Å²) in [6.45, 7) is 2.83. The first-order valence-corrected chi connectivity index (χ1v) is 8.42. The molecule has 7 nitrogen and oxygen atoms in total. The largest absolute Gasteiger partial charge is 0.335 e. The smallest absolute Gasteiger partial charge is 0.246 e. The predicted molar refractivity (Wildman–Crippen MR) is 82.2 cm³/mol. The molecule has 2 fully saturated rings. The molecule has 2 aliphatic heterocycles. The Morgan fingerprint density at radius 2 is 2.00 bits per heavy atom. The lowest BCUT2D eigenvalue weighted by molar-refractivity contribution is -0.158. The number of nitrogens with zero attached hydrogens (tertiary/aromatic N) is 5. The van der Waals surface area contributed by atoms with Crippen molar-refractivity contribution in [2.45, 2.75) is 17.7 Å². The monoisotopic (exact) mass is 321 g/mol. The summed E-state index contributed by atoms with van der Waals surface area (Å²) in [5, 5.41) is 0.753. The van der Waals surface area contributed by atoms with E-state index in [0.717, 1.165) is 17.3 Å². The Hall–Kier alpha value is -1.67. The molecule has 0 aliphatic carbocycles. The molecule has 0 spiro atoms. The molecule has 2 saturated heterocycles. The van der Waals surface area contributed by atoms with Crippen LogP contribution in [-0.4, -0.2) is 82.0 Å². The minimum atomic E-state index is -0.355. The van der Waals surface area contributed by atoms with Crippen molar-refractivity contribution in [3.63, 3.8) is 0 Å². The van der Waals surface area contributed by atoms with E-state index in [1.807, 2.05) is 18.6 Å². The molecule has 1 aromatic heterocycles. The van der Waals surface area contributed by atoms with Crippen LogP contribution in [0.4, 0.5) is 0 Å². The minimum Gasteiger partial charge on any atom is -0.335 e. The highest BCUT2D eigenvalue weighted by atomic mass is 32.2. The summed E-state index contributed by atoms with van der Waals surface area (Å²) in [6.07, 6.45) is 5.59. The molecule has 0 radical (unpaired) electrons. The van der Waals surface area contributed by atoms with Gasteiger partial charge in [-0.25, -0.2) is 9.97 Å². The highest BCUT2D eigenvalue weighted by Gasteiger charge is 2.41. The fourth-order valence-corrected chi connectivity index (χ4v) is 3.22. The van der Waals surface area contributed by atoms with Gasteiger partial charge in [-0.1, -0.05) is 11.8 Å². The number of piperazine rings is 2. The molecule has 8 heteroatoms. The summed E-state index contributed by atoms with van der Waals surface area (Å²) in [7, 11) is 1.69. The van der Waals surface area contributed by atoms with Crippen LogP contribution in [0.25, 0.3) is 0 Å². The van der Waals surface area contributed by atoms with Crippen LogP contribution in [0.5, 0.6) is 0 Å². The average Bonchev–Trinajstić information content (AvgIpc) is 2.53. The van der Waals surface area contributed by atoms with Gasteiger partial charge in [0.05, 0.1) is 6.54 Å². The van der Waals surface area contributed by atoms with E-state index in [9.17, 15) is 9.59 Å². The molecule has 118 valence electrons. The first-order valence-electron chi connectivity index (χ1n) is 7.20. The van der Waals surface area contributed by atoms with Crippen LogP contribution in [0, 0.1) is 0 Å². The first kappa shape index (κ1) is 15.2. The van der Waals surface area contributed by atoms with E-state index in [0.29, 0.717) is 19.6 Å². The van der Waals surface area contributed by atoms with Crippen molar-refractivity contribution in [1.29, 1.82) is 0 Å². The van der Waals surface area contributed by atoms with Crippen molar-refractivity contribution in [1.82, 2.24) is 24.7 Å². The van der Waals surface area contributed by atoms with Crippen LogP contribution < -0.4 is 0 Å². The summed E-state index contributed by atoms with van der Waals surface area (Å²) < 4.78 is 0. The van der Waals surface area contributed by atoms with E-state index in [1.54, 1.807) is 11.9 Å². The molecule has 2 amide bonds. The fourth-order valence-electron chi connectivity index (χ4n) is 2.91. The molecular weight excluding hydrogens is 302 g/mol. The maximum atomic E-state index is 12.3. The van der Waals surface area contributed by atoms with E-state index >= 15 is 0 Å². The summed E-state index contributed by atoms with van der Waals surface area (Å²) in [6, 6.07) is -0.355. The van der Waals surface area contributed by atoms with Gasteiger partial charge in [-0.3, -0.25) is 14.5 Å². The molecule has 3 heterocycles. The van der Waals surface area contributed by atoms with Crippen LogP contribution in [0.15, 0.2) is 17.6 Å². The van der Waals surface area contributed by atoms with Gasteiger partial charge in [0.25, 0.3) is 0 Å². The zero-order chi connectivity index (χ0) is 15.7. The van der Waals surface area contributed by atoms with Crippen LogP contribution >= 0.6 is 11.8 Å². The average molecular weight is 321 g/mol. The molecule has 3 rings (SSSR count). The van der Waals surface area contributed by atoms with Crippen LogP contribution in [0.1, 0.15) is 5.56 Å². The zero-order valence-corrected chi connectivity index (χ0v) is 13.5. The predicted octanol–water partition coefficient (Wildman–Crippen LogP) is -0.317. The van der Waals surface area contributed by atoms with Gasteiger partial charge in [0.2, 0.25) is 11.8 Å². The third kappa shape index (κ3) is 2.93. The van der Waals surface area contributed by atoms with Gasteiger partial charge in [0, 0.05) is 51.2 Å². The van der Waals surface area contributed by atoms with Gasteiger partial charge in [-0.15, -0.1) is 0 Å². The zero-order valence-electron chi connectivity index (χ0n) is 12.7. The van der Waals surface area contributed by atoms with Gasteiger partial charge in [0.15, 0.2) is 5.16 Å². The number of fused-ring (bicyclic) bond motifs is 1. The van der Waals surface area contributed by atoms with Gasteiger partial charge >= 0.3 is 0 Å². The second kappa shape index (κ2) is 6.21. The van der Waals surface area contributed by atoms with Crippen molar-refractivity contribution in [2.75, 3.05) is 39.5 Å². The second-order valence-electron chi connectivity index (χ2n) is 5.61. The fraction of sp³-hybridized carbons (Fsp3) is 0.571. The van der Waals surface area contributed by atoms with Crippen LogP contribution in [-0.2, 0) is 16.1 Å². The summed E-state index contributed by atoms with van der Waals surface area (Å²) in [5.41, 5.74) is 1.02. The van der Waals surface area contributed by atoms with E-state index in [1.165, 1.54) is 16.7 Å². The lowest BCUT2D eigenvalue weighted by atomic mass is 10.1. The molecule has 0 saturated carbocycles. The van der Waals surface area contributed by atoms with Crippen molar-refractivity contribution < 1.29 is 9.59 Å². The van der Waals surface area contributed by atoms with Crippen LogP contribution in [0.2, 0.25) is 0 Å². The maximum Gasteiger partial charge on any atom is 0.246 e. The number of amides is 2. The van der Waals surface area contributed by atoms with Gasteiger partial charge < -0.3 is 9.80 Å². The summed E-state index contributed by atoms with van der Waals surface area (Å²) in [4.78, 5) is 38.2. The Morgan fingerprint density at radius 1 is 1.27 bits per heavy atom. The van der Waals surface area contributed by atoms with E-state index in [-0.39, 0.29) is 24.4 Å². The molecule has 1 aromatic rings. The SMILES string of the molecule is CSc1ncc(CN2CCN3C(=O)CN(C)C(=O)C3C2)cn1. The van der Waals surface area contributed by atoms with Gasteiger partial charge in [0.1, 0.15) is 6.04 Å². The normalized spacial score (nSPS) is 22.9. The van der Waals surface area contributed by atoms with Crippen molar-refractivity contribution in [3.05, 3.63) is 18.0 Å². The standard InChI is InChI=1S/C14H19N5O2S/c1-17-9-12(20)19-4-3-18(8-11(19)13(17)21)7-10-5-15-14(22-2)16-6-10/h5-6,11H,3-4,7-9H2,1-2H3. The quantitative estimate of drug-likeness (QED) is 0.561. The molecule has 22 heavy (non-hydrogen) atoms. The second-order valence-corrected chi connectivity index (χ2v) is 6.38. The van der Waals surface area contributed by atoms with E-state index in [2.05, 4.69) is 14.9 Å². The number of likely N-dealkylation sites (N-methyl/N-ethyl adjacent to an activating group) is 1. The Labute approximate surface area is 133 Å². The highest BCUT2D eigenvalue weighted by molar-refractivity contribution is 7.98. The van der Waals surface area contributed by atoms with Crippen molar-refractivity contribution >= 4 is 23.6 Å². The third-order valence-corrected chi connectivity index (χ3v) is 4.66. The topological polar surface area (TPSA) is 69.6 Å². The molecule has 2 aliphatic rings. The van der Waals surface area contributed by atoms with Crippen molar-refractivity contribution in [3.8, 4) is 0 Å². The molecule has 1 unspecified atom stereocenters. The summed E-state index contributed by atoms with van der Waals surface area (Å²) in [5.74, 6) is 0.0673. The molecular formula is C14H19N5O2S. The van der Waals surface area contributed by atoms with E-state index < -0.39 is 0 Å². The van der Waals surface area contributed by atoms with Crippen molar-refractivity contribution in [2.24, 2.45) is 0 Å². The third-order valence-electron chi connectivity index (χ3n) is 4.09. The number of thioether (sulfide) groups is 1. The number of carbonyl (C=O) groups is 2. The number of hydrogen-bond acceptors (Lipinski definition) is 6. The number of rotatable bonds is 3. The minimum absolute atomic E-state index is 0.0262. The lowest BCUT2D eigenvalue weighted by Gasteiger charge is -2.45. The summed E-state index contributed by atoms with van der Waals surface area (Å²) >= 11 is 1.51. The molecule has 1 atom stereocenters. The number of hydrogen-bond donors (Lipinski definition) is 0. The number of carbonyl (C=O) groups excluding carboxylic acids is 2. The Bertz CT molecular complexity index is 579. The molecule has 0 aromatic carbocycles. The van der Waals surface area contributed by atoms with E-state index in [4.69, 9.17) is 0 Å². The Kier molecular flexibility index (Phi) is 4.30. The highest BCUT2D eigenvalue weighted by Crippen LogP contribution is 2.18. The van der Waals surface area contributed by atoms with Crippen LogP contribution in [0.3, 0.4) is 0 Å². The Morgan fingerprint density at radius 3 is 2.68 bits per heavy atom. The molecule has 0 bridgehead atoms.